The number of hydrogen-bond acceptors (Lipinski definition) is 3. The minimum atomic E-state index is -0.318. The first-order valence-corrected chi connectivity index (χ1v) is 5.61. The van der Waals surface area contributed by atoms with Gasteiger partial charge < -0.3 is 15.2 Å². The molecule has 1 aromatic carbocycles. The van der Waals surface area contributed by atoms with E-state index in [9.17, 15) is 4.79 Å². The van der Waals surface area contributed by atoms with Crippen LogP contribution >= 0.6 is 0 Å². The van der Waals surface area contributed by atoms with Crippen LogP contribution in [0.5, 0.6) is 11.5 Å². The van der Waals surface area contributed by atoms with Crippen molar-refractivity contribution in [2.45, 2.75) is 13.3 Å². The normalized spacial score (nSPS) is 11.4. The molecule has 1 aromatic rings. The van der Waals surface area contributed by atoms with Crippen LogP contribution in [0.2, 0.25) is 0 Å². The molecule has 0 aliphatic heterocycles. The summed E-state index contributed by atoms with van der Waals surface area (Å²) in [6.45, 7) is 1.98. The Bertz CT molecular complexity index is 463. The van der Waals surface area contributed by atoms with Crippen molar-refractivity contribution in [2.24, 2.45) is 11.7 Å². The summed E-state index contributed by atoms with van der Waals surface area (Å²) >= 11 is 0. The second-order valence-corrected chi connectivity index (χ2v) is 3.99. The fraction of sp³-hybridized carbons (Fsp3) is 0.357. The fourth-order valence-corrected chi connectivity index (χ4v) is 1.53. The molecular weight excluding hydrogens is 230 g/mol. The number of benzene rings is 1. The first-order valence-electron chi connectivity index (χ1n) is 5.61. The molecule has 1 amide bonds. The predicted octanol–water partition coefficient (Wildman–Crippen LogP) is 1.37. The van der Waals surface area contributed by atoms with Gasteiger partial charge in [-0.3, -0.25) is 4.79 Å². The number of nitrogens with two attached hydrogens (primary N) is 1. The van der Waals surface area contributed by atoms with Gasteiger partial charge in [0.05, 0.1) is 7.11 Å². The van der Waals surface area contributed by atoms with Gasteiger partial charge >= 0.3 is 0 Å². The number of carbonyl (C=O) groups excluding carboxylic acids is 1. The Labute approximate surface area is 107 Å². The molecule has 0 radical (unpaired) electrons. The van der Waals surface area contributed by atoms with Crippen LogP contribution in [0.4, 0.5) is 0 Å². The fourth-order valence-electron chi connectivity index (χ4n) is 1.53. The zero-order valence-corrected chi connectivity index (χ0v) is 10.6. The van der Waals surface area contributed by atoms with E-state index in [0.717, 1.165) is 5.56 Å². The van der Waals surface area contributed by atoms with E-state index in [4.69, 9.17) is 21.6 Å². The predicted molar refractivity (Wildman–Crippen MR) is 69.4 cm³/mol. The molecule has 96 valence electrons. The molecule has 0 fully saturated rings. The van der Waals surface area contributed by atoms with Gasteiger partial charge in [0.25, 0.3) is 0 Å². The Morgan fingerprint density at radius 2 is 2.22 bits per heavy atom. The molecule has 18 heavy (non-hydrogen) atoms. The molecule has 4 nitrogen and oxygen atoms in total. The Morgan fingerprint density at radius 1 is 1.50 bits per heavy atom. The lowest BCUT2D eigenvalue weighted by Crippen LogP contribution is -2.22. The van der Waals surface area contributed by atoms with Crippen molar-refractivity contribution in [3.8, 4) is 23.8 Å². The van der Waals surface area contributed by atoms with Crippen molar-refractivity contribution in [1.82, 2.24) is 0 Å². The number of methoxy groups -OCH3 is 1. The summed E-state index contributed by atoms with van der Waals surface area (Å²) in [7, 11) is 1.55. The Kier molecular flexibility index (Phi) is 5.06. The minimum Gasteiger partial charge on any atom is -0.493 e. The number of rotatable bonds is 6. The third kappa shape index (κ3) is 3.70. The van der Waals surface area contributed by atoms with Crippen LogP contribution in [0.3, 0.4) is 0 Å². The maximum atomic E-state index is 11.0. The molecule has 0 saturated carbocycles. The van der Waals surface area contributed by atoms with Gasteiger partial charge in [-0.05, 0) is 24.1 Å². The van der Waals surface area contributed by atoms with Crippen LogP contribution in [0.1, 0.15) is 12.5 Å². The van der Waals surface area contributed by atoms with E-state index in [-0.39, 0.29) is 18.4 Å². The van der Waals surface area contributed by atoms with Crippen molar-refractivity contribution < 1.29 is 14.3 Å². The van der Waals surface area contributed by atoms with Gasteiger partial charge in [-0.2, -0.15) is 0 Å². The number of carbonyl (C=O) groups is 1. The average molecular weight is 247 g/mol. The molecule has 0 saturated heterocycles. The van der Waals surface area contributed by atoms with Gasteiger partial charge in [-0.25, -0.2) is 0 Å². The number of ether oxygens (including phenoxy) is 2. The van der Waals surface area contributed by atoms with Gasteiger partial charge in [-0.1, -0.05) is 18.9 Å². The van der Waals surface area contributed by atoms with Crippen LogP contribution in [0.25, 0.3) is 0 Å². The average Bonchev–Trinajstić information content (AvgIpc) is 2.36. The first kappa shape index (κ1) is 13.9. The molecule has 1 rings (SSSR count). The molecule has 4 heteroatoms. The summed E-state index contributed by atoms with van der Waals surface area (Å²) in [5.41, 5.74) is 6.20. The number of terminal acetylenes is 1. The van der Waals surface area contributed by atoms with E-state index in [0.29, 0.717) is 17.9 Å². The summed E-state index contributed by atoms with van der Waals surface area (Å²) in [6, 6.07) is 5.47. The van der Waals surface area contributed by atoms with Crippen molar-refractivity contribution in [3.63, 3.8) is 0 Å². The summed E-state index contributed by atoms with van der Waals surface area (Å²) in [6.07, 6.45) is 5.70. The van der Waals surface area contributed by atoms with Gasteiger partial charge in [0.2, 0.25) is 5.91 Å². The first-order chi connectivity index (χ1) is 8.58. The van der Waals surface area contributed by atoms with Crippen LogP contribution in [0.15, 0.2) is 18.2 Å². The van der Waals surface area contributed by atoms with Gasteiger partial charge in [0.1, 0.15) is 6.61 Å². The topological polar surface area (TPSA) is 61.5 Å². The van der Waals surface area contributed by atoms with E-state index < -0.39 is 0 Å². The minimum absolute atomic E-state index is 0.188. The van der Waals surface area contributed by atoms with E-state index in [1.165, 1.54) is 0 Å². The lowest BCUT2D eigenvalue weighted by atomic mass is 10.0. The molecule has 0 aliphatic rings. The SMILES string of the molecule is C#CCOc1ccc(CC(C)C(N)=O)cc1OC. The van der Waals surface area contributed by atoms with Crippen molar-refractivity contribution in [1.29, 1.82) is 0 Å². The van der Waals surface area contributed by atoms with Gasteiger partial charge in [-0.15, -0.1) is 6.42 Å². The van der Waals surface area contributed by atoms with E-state index in [2.05, 4.69) is 5.92 Å². The highest BCUT2D eigenvalue weighted by Gasteiger charge is 2.12. The molecule has 0 spiro atoms. The second kappa shape index (κ2) is 6.55. The Morgan fingerprint density at radius 3 is 2.78 bits per heavy atom. The number of hydrogen-bond donors (Lipinski definition) is 1. The summed E-state index contributed by atoms with van der Waals surface area (Å²) in [4.78, 5) is 11.0. The Hall–Kier alpha value is -2.15. The monoisotopic (exact) mass is 247 g/mol. The highest BCUT2D eigenvalue weighted by atomic mass is 16.5. The molecule has 0 aromatic heterocycles. The summed E-state index contributed by atoms with van der Waals surface area (Å²) in [5.74, 6) is 3.04. The van der Waals surface area contributed by atoms with Crippen LogP contribution in [-0.4, -0.2) is 19.6 Å². The molecule has 1 unspecified atom stereocenters. The van der Waals surface area contributed by atoms with Crippen LogP contribution in [-0.2, 0) is 11.2 Å². The highest BCUT2D eigenvalue weighted by Crippen LogP contribution is 2.28. The highest BCUT2D eigenvalue weighted by molar-refractivity contribution is 5.76. The third-order valence-corrected chi connectivity index (χ3v) is 2.57. The summed E-state index contributed by atoms with van der Waals surface area (Å²) < 4.78 is 10.5. The zero-order valence-electron chi connectivity index (χ0n) is 10.6. The largest absolute Gasteiger partial charge is 0.493 e. The molecule has 0 bridgehead atoms. The standard InChI is InChI=1S/C14H17NO3/c1-4-7-18-12-6-5-11(9-13(12)17-3)8-10(2)14(15)16/h1,5-6,9-10H,7-8H2,2-3H3,(H2,15,16). The van der Waals surface area contributed by atoms with Crippen LogP contribution in [0, 0.1) is 18.3 Å². The van der Waals surface area contributed by atoms with Gasteiger partial charge in [0.15, 0.2) is 11.5 Å². The molecule has 0 heterocycles. The van der Waals surface area contributed by atoms with E-state index in [1.54, 1.807) is 20.1 Å². The van der Waals surface area contributed by atoms with E-state index >= 15 is 0 Å². The van der Waals surface area contributed by atoms with Gasteiger partial charge in [0, 0.05) is 5.92 Å². The molecular formula is C14H17NO3. The maximum absolute atomic E-state index is 11.0. The summed E-state index contributed by atoms with van der Waals surface area (Å²) in [5, 5.41) is 0. The Balaban J connectivity index is 2.85. The molecule has 1 atom stereocenters. The lowest BCUT2D eigenvalue weighted by molar-refractivity contribution is -0.121. The van der Waals surface area contributed by atoms with Crippen molar-refractivity contribution >= 4 is 5.91 Å². The molecule has 2 N–H and O–H groups in total. The van der Waals surface area contributed by atoms with Crippen molar-refractivity contribution in [2.75, 3.05) is 13.7 Å². The number of amides is 1. The smallest absolute Gasteiger partial charge is 0.220 e. The lowest BCUT2D eigenvalue weighted by Gasteiger charge is -2.12. The maximum Gasteiger partial charge on any atom is 0.220 e. The van der Waals surface area contributed by atoms with Crippen molar-refractivity contribution in [3.05, 3.63) is 23.8 Å². The molecule has 0 aliphatic carbocycles. The second-order valence-electron chi connectivity index (χ2n) is 3.99. The van der Waals surface area contributed by atoms with Crippen LogP contribution < -0.4 is 15.2 Å². The number of primary amides is 1. The zero-order chi connectivity index (χ0) is 13.5. The third-order valence-electron chi connectivity index (χ3n) is 2.57. The van der Waals surface area contributed by atoms with E-state index in [1.807, 2.05) is 12.1 Å². The quantitative estimate of drug-likeness (QED) is 0.772.